The van der Waals surface area contributed by atoms with Gasteiger partial charge in [0.15, 0.2) is 0 Å². The minimum Gasteiger partial charge on any atom is -0.274 e. The zero-order valence-corrected chi connectivity index (χ0v) is 23.3. The molecule has 1 N–H and O–H groups in total. The number of amides is 3. The zero-order valence-electron chi connectivity index (χ0n) is 22.5. The molecule has 2 atom stereocenters. The first-order chi connectivity index (χ1) is 20.8. The fourth-order valence-corrected chi connectivity index (χ4v) is 7.31. The summed E-state index contributed by atoms with van der Waals surface area (Å²) in [6, 6.07) is 28.0. The van der Waals surface area contributed by atoms with Gasteiger partial charge in [-0.2, -0.15) is 5.10 Å². The first-order valence-electron chi connectivity index (χ1n) is 13.7. The molecule has 1 saturated heterocycles. The molecule has 1 heterocycles. The van der Waals surface area contributed by atoms with Crippen LogP contribution in [-0.4, -0.2) is 28.9 Å². The second-order valence-electron chi connectivity index (χ2n) is 10.9. The van der Waals surface area contributed by atoms with Crippen LogP contribution in [0.15, 0.2) is 102 Å². The first kappa shape index (κ1) is 26.7. The van der Waals surface area contributed by atoms with E-state index in [1.165, 1.54) is 29.2 Å². The van der Waals surface area contributed by atoms with Crippen LogP contribution in [0.25, 0.3) is 0 Å². The third kappa shape index (κ3) is 3.92. The normalized spacial score (nSPS) is 23.2. The van der Waals surface area contributed by atoms with Crippen molar-refractivity contribution in [1.82, 2.24) is 5.43 Å². The van der Waals surface area contributed by atoms with Crippen molar-refractivity contribution in [1.29, 1.82) is 0 Å². The van der Waals surface area contributed by atoms with Gasteiger partial charge in [-0.05, 0) is 39.9 Å². The summed E-state index contributed by atoms with van der Waals surface area (Å²) in [5.41, 5.74) is 5.88. The number of nitrogens with one attached hydrogen (secondary N) is 1. The molecule has 0 aromatic heterocycles. The maximum Gasteiger partial charge on any atom is 0.269 e. The van der Waals surface area contributed by atoms with Crippen molar-refractivity contribution >= 4 is 46.9 Å². The molecule has 0 spiro atoms. The molecule has 2 bridgehead atoms. The number of imide groups is 1. The van der Waals surface area contributed by atoms with Gasteiger partial charge in [-0.25, -0.2) is 10.3 Å². The van der Waals surface area contributed by atoms with Crippen molar-refractivity contribution < 1.29 is 19.3 Å². The van der Waals surface area contributed by atoms with Crippen LogP contribution in [0.4, 0.5) is 11.4 Å². The van der Waals surface area contributed by atoms with Crippen LogP contribution in [0.5, 0.6) is 0 Å². The number of hydrogen-bond donors (Lipinski definition) is 1. The molecule has 212 valence electrons. The molecular weight excluding hydrogens is 568 g/mol. The van der Waals surface area contributed by atoms with Gasteiger partial charge in [-0.1, -0.05) is 84.4 Å². The summed E-state index contributed by atoms with van der Waals surface area (Å²) in [6.07, 6.45) is 1.54. The van der Waals surface area contributed by atoms with Crippen LogP contribution < -0.4 is 10.3 Å². The summed E-state index contributed by atoms with van der Waals surface area (Å²) in [5, 5.41) is 15.6. The highest BCUT2D eigenvalue weighted by molar-refractivity contribution is 6.36. The summed E-state index contributed by atoms with van der Waals surface area (Å²) in [7, 11) is 0. The Morgan fingerprint density at radius 1 is 0.907 bits per heavy atom. The Labute approximate surface area is 250 Å². The molecule has 3 aliphatic carbocycles. The number of halogens is 1. The van der Waals surface area contributed by atoms with E-state index in [2.05, 4.69) is 10.5 Å². The number of para-hydroxylation sites is 1. The average molecular weight is 591 g/mol. The predicted molar refractivity (Wildman–Crippen MR) is 160 cm³/mol. The van der Waals surface area contributed by atoms with E-state index in [1.807, 2.05) is 48.5 Å². The lowest BCUT2D eigenvalue weighted by molar-refractivity contribution is -0.384. The number of rotatable bonds is 6. The van der Waals surface area contributed by atoms with Crippen LogP contribution in [-0.2, 0) is 26.2 Å². The Bertz CT molecular complexity index is 1820. The highest BCUT2D eigenvalue weighted by Crippen LogP contribution is 2.63. The molecule has 8 rings (SSSR count). The summed E-state index contributed by atoms with van der Waals surface area (Å²) >= 11 is 6.49. The molecule has 4 aromatic rings. The van der Waals surface area contributed by atoms with E-state index in [0.717, 1.165) is 22.3 Å². The summed E-state index contributed by atoms with van der Waals surface area (Å²) in [5.74, 6) is -2.99. The molecule has 9 nitrogen and oxygen atoms in total. The minimum absolute atomic E-state index is 0.0542. The second-order valence-corrected chi connectivity index (χ2v) is 11.3. The van der Waals surface area contributed by atoms with Crippen molar-refractivity contribution in [3.8, 4) is 0 Å². The van der Waals surface area contributed by atoms with Gasteiger partial charge in [-0.3, -0.25) is 24.5 Å². The van der Waals surface area contributed by atoms with Gasteiger partial charge in [0.2, 0.25) is 17.7 Å². The quantitative estimate of drug-likeness (QED) is 0.144. The van der Waals surface area contributed by atoms with Gasteiger partial charge in [0.05, 0.1) is 39.3 Å². The predicted octanol–water partition coefficient (Wildman–Crippen LogP) is 5.14. The van der Waals surface area contributed by atoms with Crippen molar-refractivity contribution in [2.75, 3.05) is 4.90 Å². The lowest BCUT2D eigenvalue weighted by Crippen LogP contribution is -2.54. The fourth-order valence-electron chi connectivity index (χ4n) is 7.09. The number of hydrogen-bond acceptors (Lipinski definition) is 6. The number of nitro benzene ring substituents is 1. The third-order valence-corrected chi connectivity index (χ3v) is 9.07. The average Bonchev–Trinajstić information content (AvgIpc) is 3.28. The summed E-state index contributed by atoms with van der Waals surface area (Å²) in [4.78, 5) is 53.1. The number of benzene rings is 4. The van der Waals surface area contributed by atoms with Crippen LogP contribution in [0.1, 0.15) is 33.7 Å². The molecule has 10 heteroatoms. The number of nitro groups is 1. The SMILES string of the molecule is O=C(Cc1ccc([N+](=O)[O-])cc1)N/N=C/C12c3ccccc3C(c3ccccc31)C1C(=O)N(c3ccccc3Cl)C(=O)C12. The molecule has 4 aliphatic rings. The summed E-state index contributed by atoms with van der Waals surface area (Å²) in [6.45, 7) is 0. The van der Waals surface area contributed by atoms with Crippen molar-refractivity contribution in [3.63, 3.8) is 0 Å². The van der Waals surface area contributed by atoms with E-state index in [9.17, 15) is 24.5 Å². The Morgan fingerprint density at radius 2 is 1.51 bits per heavy atom. The minimum atomic E-state index is -1.14. The molecule has 1 fully saturated rings. The van der Waals surface area contributed by atoms with E-state index in [1.54, 1.807) is 30.5 Å². The van der Waals surface area contributed by atoms with Gasteiger partial charge in [0.1, 0.15) is 0 Å². The smallest absolute Gasteiger partial charge is 0.269 e. The molecule has 3 amide bonds. The fraction of sp³-hybridized carbons (Fsp3) is 0.152. The largest absolute Gasteiger partial charge is 0.274 e. The van der Waals surface area contributed by atoms with Crippen molar-refractivity contribution in [2.24, 2.45) is 16.9 Å². The highest BCUT2D eigenvalue weighted by Gasteiger charge is 2.68. The topological polar surface area (TPSA) is 122 Å². The van der Waals surface area contributed by atoms with E-state index < -0.39 is 28.1 Å². The van der Waals surface area contributed by atoms with Gasteiger partial charge in [0.25, 0.3) is 5.69 Å². The number of non-ortho nitro benzene ring substituents is 1. The maximum absolute atomic E-state index is 14.4. The van der Waals surface area contributed by atoms with Gasteiger partial charge < -0.3 is 0 Å². The number of anilines is 1. The lowest BCUT2D eigenvalue weighted by atomic mass is 9.47. The molecule has 1 aliphatic heterocycles. The third-order valence-electron chi connectivity index (χ3n) is 8.75. The molecular formula is C33H23ClN4O5. The van der Waals surface area contributed by atoms with Crippen LogP contribution in [0.3, 0.4) is 0 Å². The second kappa shape index (κ2) is 9.99. The number of nitrogens with zero attached hydrogens (tertiary/aromatic N) is 3. The Morgan fingerprint density at radius 3 is 2.14 bits per heavy atom. The Kier molecular flexibility index (Phi) is 6.21. The van der Waals surface area contributed by atoms with Crippen molar-refractivity contribution in [2.45, 2.75) is 17.8 Å². The lowest BCUT2D eigenvalue weighted by Gasteiger charge is -2.52. The molecule has 43 heavy (non-hydrogen) atoms. The zero-order chi connectivity index (χ0) is 29.9. The maximum atomic E-state index is 14.4. The van der Waals surface area contributed by atoms with Crippen molar-refractivity contribution in [3.05, 3.63) is 140 Å². The van der Waals surface area contributed by atoms with E-state index in [-0.39, 0.29) is 29.8 Å². The number of carbonyl (C=O) groups is 3. The van der Waals surface area contributed by atoms with Gasteiger partial charge in [-0.15, -0.1) is 0 Å². The Hall–Kier alpha value is -5.15. The first-order valence-corrected chi connectivity index (χ1v) is 14.1. The summed E-state index contributed by atoms with van der Waals surface area (Å²) < 4.78 is 0. The van der Waals surface area contributed by atoms with Crippen LogP contribution in [0.2, 0.25) is 5.02 Å². The molecule has 0 saturated carbocycles. The van der Waals surface area contributed by atoms with Gasteiger partial charge >= 0.3 is 0 Å². The number of carbonyl (C=O) groups excluding carboxylic acids is 3. The molecule has 0 radical (unpaired) electrons. The van der Waals surface area contributed by atoms with Crippen LogP contribution in [0, 0.1) is 22.0 Å². The van der Waals surface area contributed by atoms with Crippen LogP contribution >= 0.6 is 11.6 Å². The van der Waals surface area contributed by atoms with Gasteiger partial charge in [0, 0.05) is 24.3 Å². The van der Waals surface area contributed by atoms with E-state index in [4.69, 9.17) is 11.6 Å². The Balaban J connectivity index is 1.31. The molecule has 4 aromatic carbocycles. The van der Waals surface area contributed by atoms with E-state index >= 15 is 0 Å². The number of hydrazone groups is 1. The standard InChI is InChI=1S/C33H23ClN4O5/c34-25-11-5-6-12-26(25)37-31(40)29-28-21-7-1-3-9-23(21)33(30(29)32(37)41,24-10-4-2-8-22(24)28)18-35-36-27(39)17-19-13-15-20(16-14-19)38(42)43/h1-16,18,28-30H,17H2,(H,36,39)/b35-18+. The van der Waals surface area contributed by atoms with E-state index in [0.29, 0.717) is 16.3 Å². The highest BCUT2D eigenvalue weighted by atomic mass is 35.5. The monoisotopic (exact) mass is 590 g/mol. The molecule has 2 unspecified atom stereocenters.